The van der Waals surface area contributed by atoms with E-state index in [1.807, 2.05) is 30.3 Å². The average molecular weight is 531 g/mol. The standard InChI is InChI=1S/C25H26N2O7S2/c1-3-34-25(29)23-19(16-21(35-23)17-7-5-4-6-8-17)26-24(28)18-9-10-20(32-2)22(15-18)36(30,31)27-11-13-33-14-12-27/h4-10,15-16H,3,11-14H2,1-2H3,(H,26,28). The van der Waals surface area contributed by atoms with Crippen LogP contribution < -0.4 is 10.1 Å². The number of rotatable bonds is 8. The number of esters is 1. The Balaban J connectivity index is 1.67. The molecule has 0 bridgehead atoms. The minimum Gasteiger partial charge on any atom is -0.495 e. The monoisotopic (exact) mass is 530 g/mol. The number of carbonyl (C=O) groups is 2. The number of amides is 1. The molecule has 0 aliphatic carbocycles. The molecule has 190 valence electrons. The zero-order chi connectivity index (χ0) is 25.7. The summed E-state index contributed by atoms with van der Waals surface area (Å²) in [6.07, 6.45) is 0. The molecule has 1 aromatic heterocycles. The molecule has 0 spiro atoms. The molecule has 4 rings (SSSR count). The highest BCUT2D eigenvalue weighted by atomic mass is 32.2. The molecule has 9 nitrogen and oxygen atoms in total. The van der Waals surface area contributed by atoms with Gasteiger partial charge in [-0.3, -0.25) is 4.79 Å². The number of ether oxygens (including phenoxy) is 3. The maximum atomic E-state index is 13.3. The molecule has 1 amide bonds. The van der Waals surface area contributed by atoms with Gasteiger partial charge in [0, 0.05) is 23.5 Å². The predicted octanol–water partition coefficient (Wildman–Crippen LogP) is 3.87. The number of sulfonamides is 1. The van der Waals surface area contributed by atoms with Gasteiger partial charge in [0.2, 0.25) is 10.0 Å². The Morgan fingerprint density at radius 2 is 1.81 bits per heavy atom. The van der Waals surface area contributed by atoms with Gasteiger partial charge in [0.25, 0.3) is 5.91 Å². The molecule has 1 fully saturated rings. The van der Waals surface area contributed by atoms with Crippen LogP contribution >= 0.6 is 11.3 Å². The van der Waals surface area contributed by atoms with Gasteiger partial charge in [-0.15, -0.1) is 11.3 Å². The summed E-state index contributed by atoms with van der Waals surface area (Å²) in [5.41, 5.74) is 1.28. The average Bonchev–Trinajstić information content (AvgIpc) is 3.33. The Morgan fingerprint density at radius 3 is 2.47 bits per heavy atom. The van der Waals surface area contributed by atoms with E-state index in [0.29, 0.717) is 13.2 Å². The van der Waals surface area contributed by atoms with Gasteiger partial charge in [0.05, 0.1) is 32.6 Å². The number of anilines is 1. The van der Waals surface area contributed by atoms with Crippen LogP contribution in [0.4, 0.5) is 5.69 Å². The van der Waals surface area contributed by atoms with Crippen molar-refractivity contribution in [2.75, 3.05) is 45.3 Å². The van der Waals surface area contributed by atoms with E-state index >= 15 is 0 Å². The molecule has 0 unspecified atom stereocenters. The van der Waals surface area contributed by atoms with Crippen molar-refractivity contribution in [3.05, 3.63) is 65.0 Å². The number of methoxy groups -OCH3 is 1. The lowest BCUT2D eigenvalue weighted by Crippen LogP contribution is -2.40. The Kier molecular flexibility index (Phi) is 8.04. The second kappa shape index (κ2) is 11.2. The van der Waals surface area contributed by atoms with Crippen LogP contribution in [0.2, 0.25) is 0 Å². The number of thiophene rings is 1. The van der Waals surface area contributed by atoms with Crippen LogP contribution in [0.1, 0.15) is 27.0 Å². The van der Waals surface area contributed by atoms with E-state index in [9.17, 15) is 18.0 Å². The lowest BCUT2D eigenvalue weighted by Gasteiger charge is -2.26. The molecule has 1 saturated heterocycles. The first-order valence-electron chi connectivity index (χ1n) is 11.3. The third kappa shape index (κ3) is 5.44. The number of morpholine rings is 1. The maximum Gasteiger partial charge on any atom is 0.350 e. The lowest BCUT2D eigenvalue weighted by atomic mass is 10.1. The first-order chi connectivity index (χ1) is 17.3. The van der Waals surface area contributed by atoms with Gasteiger partial charge >= 0.3 is 5.97 Å². The van der Waals surface area contributed by atoms with Gasteiger partial charge in [-0.25, -0.2) is 13.2 Å². The first-order valence-corrected chi connectivity index (χ1v) is 13.5. The van der Waals surface area contributed by atoms with E-state index < -0.39 is 21.9 Å². The van der Waals surface area contributed by atoms with Crippen LogP contribution in [0.25, 0.3) is 10.4 Å². The number of hydrogen-bond acceptors (Lipinski definition) is 8. The van der Waals surface area contributed by atoms with Crippen molar-refractivity contribution < 1.29 is 32.2 Å². The Hall–Kier alpha value is -3.25. The normalized spacial score (nSPS) is 14.3. The Morgan fingerprint density at radius 1 is 1.08 bits per heavy atom. The van der Waals surface area contributed by atoms with Crippen LogP contribution in [0.5, 0.6) is 5.75 Å². The molecule has 0 radical (unpaired) electrons. The molecule has 0 atom stereocenters. The molecular weight excluding hydrogens is 504 g/mol. The van der Waals surface area contributed by atoms with Gasteiger partial charge < -0.3 is 19.5 Å². The van der Waals surface area contributed by atoms with E-state index in [-0.39, 0.29) is 46.5 Å². The second-order valence-corrected chi connectivity index (χ2v) is 10.7. The number of benzene rings is 2. The largest absolute Gasteiger partial charge is 0.495 e. The first kappa shape index (κ1) is 25.8. The van der Waals surface area contributed by atoms with Crippen LogP contribution in [0.15, 0.2) is 59.5 Å². The summed E-state index contributed by atoms with van der Waals surface area (Å²) in [5, 5.41) is 2.75. The molecule has 1 N–H and O–H groups in total. The van der Waals surface area contributed by atoms with Gasteiger partial charge in [-0.2, -0.15) is 4.31 Å². The van der Waals surface area contributed by atoms with Crippen LogP contribution in [0, 0.1) is 0 Å². The summed E-state index contributed by atoms with van der Waals surface area (Å²) in [7, 11) is -2.55. The van der Waals surface area contributed by atoms with Crippen molar-refractivity contribution in [3.63, 3.8) is 0 Å². The maximum absolute atomic E-state index is 13.3. The van der Waals surface area contributed by atoms with Crippen molar-refractivity contribution in [1.29, 1.82) is 0 Å². The van der Waals surface area contributed by atoms with Crippen LogP contribution in [0.3, 0.4) is 0 Å². The van der Waals surface area contributed by atoms with Crippen LogP contribution in [-0.4, -0.2) is 64.6 Å². The van der Waals surface area contributed by atoms with E-state index in [4.69, 9.17) is 14.2 Å². The van der Waals surface area contributed by atoms with Crippen LogP contribution in [-0.2, 0) is 19.5 Å². The second-order valence-electron chi connectivity index (χ2n) is 7.78. The summed E-state index contributed by atoms with van der Waals surface area (Å²) in [5.74, 6) is -0.989. The van der Waals surface area contributed by atoms with Crippen molar-refractivity contribution >= 4 is 38.9 Å². The quantitative estimate of drug-likeness (QED) is 0.440. The highest BCUT2D eigenvalue weighted by Gasteiger charge is 2.30. The van der Waals surface area contributed by atoms with Crippen molar-refractivity contribution in [2.45, 2.75) is 11.8 Å². The lowest BCUT2D eigenvalue weighted by molar-refractivity contribution is 0.0533. The van der Waals surface area contributed by atoms with Crippen molar-refractivity contribution in [2.24, 2.45) is 0 Å². The molecule has 3 aromatic rings. The van der Waals surface area contributed by atoms with Gasteiger partial charge in [-0.1, -0.05) is 30.3 Å². The summed E-state index contributed by atoms with van der Waals surface area (Å²) < 4.78 is 43.6. The number of hydrogen-bond donors (Lipinski definition) is 1. The molecule has 1 aliphatic heterocycles. The van der Waals surface area contributed by atoms with E-state index in [2.05, 4.69) is 5.32 Å². The smallest absolute Gasteiger partial charge is 0.350 e. The zero-order valence-corrected chi connectivity index (χ0v) is 21.5. The topological polar surface area (TPSA) is 111 Å². The number of nitrogens with zero attached hydrogens (tertiary/aromatic N) is 1. The fraction of sp³-hybridized carbons (Fsp3) is 0.280. The van der Waals surface area contributed by atoms with Gasteiger partial charge in [0.15, 0.2) is 0 Å². The highest BCUT2D eigenvalue weighted by Crippen LogP contribution is 2.36. The molecule has 1 aliphatic rings. The fourth-order valence-electron chi connectivity index (χ4n) is 3.72. The summed E-state index contributed by atoms with van der Waals surface area (Å²) in [4.78, 5) is 26.7. The summed E-state index contributed by atoms with van der Waals surface area (Å²) in [6, 6.07) is 15.4. The molecule has 36 heavy (non-hydrogen) atoms. The third-order valence-corrected chi connectivity index (χ3v) is 8.60. The highest BCUT2D eigenvalue weighted by molar-refractivity contribution is 7.89. The number of carbonyl (C=O) groups excluding carboxylic acids is 2. The summed E-state index contributed by atoms with van der Waals surface area (Å²) in [6.45, 7) is 2.90. The third-order valence-electron chi connectivity index (χ3n) is 5.51. The van der Waals surface area contributed by atoms with E-state index in [0.717, 1.165) is 10.4 Å². The minimum atomic E-state index is -3.92. The Labute approximate surface area is 213 Å². The SMILES string of the molecule is CCOC(=O)c1sc(-c2ccccc2)cc1NC(=O)c1ccc(OC)c(S(=O)(=O)N2CCOCC2)c1. The molecule has 2 aromatic carbocycles. The molecule has 2 heterocycles. The Bertz CT molecular complexity index is 1350. The molecular formula is C25H26N2O7S2. The summed E-state index contributed by atoms with van der Waals surface area (Å²) >= 11 is 1.21. The molecule has 11 heteroatoms. The number of nitrogens with one attached hydrogen (secondary N) is 1. The minimum absolute atomic E-state index is 0.102. The van der Waals surface area contributed by atoms with Crippen molar-refractivity contribution in [1.82, 2.24) is 4.31 Å². The molecule has 0 saturated carbocycles. The van der Waals surface area contributed by atoms with E-state index in [1.54, 1.807) is 13.0 Å². The van der Waals surface area contributed by atoms with Gasteiger partial charge in [-0.05, 0) is 36.8 Å². The predicted molar refractivity (Wildman–Crippen MR) is 136 cm³/mol. The van der Waals surface area contributed by atoms with E-state index in [1.165, 1.54) is 41.0 Å². The van der Waals surface area contributed by atoms with Crippen molar-refractivity contribution in [3.8, 4) is 16.2 Å². The zero-order valence-electron chi connectivity index (χ0n) is 19.9. The fourth-order valence-corrected chi connectivity index (χ4v) is 6.32. The van der Waals surface area contributed by atoms with Gasteiger partial charge in [0.1, 0.15) is 15.5 Å².